The zero-order valence-electron chi connectivity index (χ0n) is 9.47. The van der Waals surface area contributed by atoms with Gasteiger partial charge in [-0.15, -0.1) is 6.58 Å². The molecule has 0 aliphatic carbocycles. The highest BCUT2D eigenvalue weighted by Crippen LogP contribution is 2.26. The summed E-state index contributed by atoms with van der Waals surface area (Å²) in [6, 6.07) is 11.1. The van der Waals surface area contributed by atoms with Gasteiger partial charge >= 0.3 is 0 Å². The molecule has 0 unspecified atom stereocenters. The van der Waals surface area contributed by atoms with E-state index in [0.29, 0.717) is 12.3 Å². The number of pyridine rings is 1. The van der Waals surface area contributed by atoms with Crippen LogP contribution in [0.5, 0.6) is 11.6 Å². The predicted molar refractivity (Wildman–Crippen MR) is 69.1 cm³/mol. The van der Waals surface area contributed by atoms with Gasteiger partial charge < -0.3 is 10.5 Å². The van der Waals surface area contributed by atoms with Crippen molar-refractivity contribution in [2.75, 3.05) is 5.73 Å². The summed E-state index contributed by atoms with van der Waals surface area (Å²) in [6.45, 7) is 3.72. The molecule has 1 aromatic carbocycles. The maximum Gasteiger partial charge on any atom is 0.219 e. The Balaban J connectivity index is 2.29. The summed E-state index contributed by atoms with van der Waals surface area (Å²) in [7, 11) is 0. The van der Waals surface area contributed by atoms with Crippen molar-refractivity contribution in [3.8, 4) is 11.6 Å². The van der Waals surface area contributed by atoms with Gasteiger partial charge in [0.2, 0.25) is 5.88 Å². The topological polar surface area (TPSA) is 48.1 Å². The predicted octanol–water partition coefficient (Wildman–Crippen LogP) is 3.18. The van der Waals surface area contributed by atoms with Crippen LogP contribution in [0.3, 0.4) is 0 Å². The number of hydrogen-bond acceptors (Lipinski definition) is 3. The average molecular weight is 226 g/mol. The van der Waals surface area contributed by atoms with Crippen LogP contribution >= 0.6 is 0 Å². The van der Waals surface area contributed by atoms with Crippen LogP contribution in [0.1, 0.15) is 5.56 Å². The lowest BCUT2D eigenvalue weighted by molar-refractivity contribution is 0.458. The molecule has 17 heavy (non-hydrogen) atoms. The van der Waals surface area contributed by atoms with Gasteiger partial charge in [0.05, 0.1) is 0 Å². The smallest absolute Gasteiger partial charge is 0.219 e. The van der Waals surface area contributed by atoms with E-state index in [2.05, 4.69) is 11.6 Å². The number of nitrogens with zero attached hydrogens (tertiary/aromatic N) is 1. The van der Waals surface area contributed by atoms with Crippen molar-refractivity contribution in [3.05, 3.63) is 60.8 Å². The third-order valence-electron chi connectivity index (χ3n) is 2.30. The van der Waals surface area contributed by atoms with E-state index in [1.807, 2.05) is 42.5 Å². The summed E-state index contributed by atoms with van der Waals surface area (Å²) in [5.74, 6) is 1.33. The molecule has 3 nitrogen and oxygen atoms in total. The maximum absolute atomic E-state index is 5.75. The van der Waals surface area contributed by atoms with Crippen molar-refractivity contribution in [3.63, 3.8) is 0 Å². The van der Waals surface area contributed by atoms with Crippen LogP contribution in [0, 0.1) is 0 Å². The molecule has 0 fully saturated rings. The van der Waals surface area contributed by atoms with Gasteiger partial charge in [-0.1, -0.05) is 12.1 Å². The number of hydrogen-bond donors (Lipinski definition) is 1. The number of rotatable bonds is 4. The molecule has 0 aliphatic heterocycles. The molecule has 0 atom stereocenters. The fourth-order valence-corrected chi connectivity index (χ4v) is 1.53. The van der Waals surface area contributed by atoms with Gasteiger partial charge in [0.15, 0.2) is 0 Å². The molecule has 1 aromatic heterocycles. The first-order valence-electron chi connectivity index (χ1n) is 5.38. The molecule has 2 rings (SSSR count). The Morgan fingerprint density at radius 3 is 2.88 bits per heavy atom. The van der Waals surface area contributed by atoms with E-state index >= 15 is 0 Å². The molecule has 0 amide bonds. The molecule has 0 saturated heterocycles. The van der Waals surface area contributed by atoms with Gasteiger partial charge in [-0.05, 0) is 30.7 Å². The van der Waals surface area contributed by atoms with Crippen molar-refractivity contribution >= 4 is 5.69 Å². The minimum absolute atomic E-state index is 0.572. The van der Waals surface area contributed by atoms with Gasteiger partial charge in [0.25, 0.3) is 0 Å². The van der Waals surface area contributed by atoms with E-state index in [-0.39, 0.29) is 0 Å². The van der Waals surface area contributed by atoms with Crippen LogP contribution in [0.25, 0.3) is 0 Å². The Bertz CT molecular complexity index is 509. The van der Waals surface area contributed by atoms with Crippen LogP contribution in [0.4, 0.5) is 5.69 Å². The van der Waals surface area contributed by atoms with Crippen LogP contribution in [0.15, 0.2) is 55.3 Å². The molecular formula is C14H14N2O. The number of benzene rings is 1. The number of nitrogens with two attached hydrogens (primary N) is 1. The maximum atomic E-state index is 5.75. The minimum Gasteiger partial charge on any atom is -0.439 e. The van der Waals surface area contributed by atoms with E-state index in [1.165, 1.54) is 0 Å². The summed E-state index contributed by atoms with van der Waals surface area (Å²) >= 11 is 0. The molecule has 0 spiro atoms. The van der Waals surface area contributed by atoms with Crippen LogP contribution in [-0.2, 0) is 6.42 Å². The average Bonchev–Trinajstić information content (AvgIpc) is 2.34. The van der Waals surface area contributed by atoms with Gasteiger partial charge in [0, 0.05) is 23.5 Å². The molecule has 0 saturated carbocycles. The van der Waals surface area contributed by atoms with Gasteiger partial charge in [-0.2, -0.15) is 0 Å². The Morgan fingerprint density at radius 1 is 1.29 bits per heavy atom. The molecule has 2 aromatic rings. The summed E-state index contributed by atoms with van der Waals surface area (Å²) < 4.78 is 5.70. The highest BCUT2D eigenvalue weighted by Gasteiger charge is 2.04. The number of anilines is 1. The lowest BCUT2D eigenvalue weighted by Crippen LogP contribution is -1.94. The van der Waals surface area contributed by atoms with E-state index in [4.69, 9.17) is 10.5 Å². The SMILES string of the molecule is C=CCc1cc(N)ccc1Oc1ccccn1. The normalized spacial score (nSPS) is 9.88. The first-order valence-corrected chi connectivity index (χ1v) is 5.38. The second kappa shape index (κ2) is 5.16. The first kappa shape index (κ1) is 11.2. The molecule has 86 valence electrons. The van der Waals surface area contributed by atoms with Crippen LogP contribution in [0.2, 0.25) is 0 Å². The van der Waals surface area contributed by atoms with Gasteiger partial charge in [-0.25, -0.2) is 4.98 Å². The van der Waals surface area contributed by atoms with E-state index in [0.717, 1.165) is 17.0 Å². The summed E-state index contributed by atoms with van der Waals surface area (Å²) in [5, 5.41) is 0. The fraction of sp³-hybridized carbons (Fsp3) is 0.0714. The molecule has 2 N–H and O–H groups in total. The Labute approximate surface area is 101 Å². The van der Waals surface area contributed by atoms with Crippen LogP contribution in [-0.4, -0.2) is 4.98 Å². The van der Waals surface area contributed by atoms with Gasteiger partial charge in [0.1, 0.15) is 5.75 Å². The number of nitrogen functional groups attached to an aromatic ring is 1. The van der Waals surface area contributed by atoms with E-state index < -0.39 is 0 Å². The highest BCUT2D eigenvalue weighted by molar-refractivity contribution is 5.49. The number of allylic oxidation sites excluding steroid dienone is 1. The van der Waals surface area contributed by atoms with Crippen molar-refractivity contribution in [1.29, 1.82) is 0 Å². The Kier molecular flexibility index (Phi) is 3.40. The molecule has 1 heterocycles. The summed E-state index contributed by atoms with van der Waals surface area (Å²) in [5.41, 5.74) is 7.47. The third-order valence-corrected chi connectivity index (χ3v) is 2.30. The highest BCUT2D eigenvalue weighted by atomic mass is 16.5. The van der Waals surface area contributed by atoms with Gasteiger partial charge in [-0.3, -0.25) is 0 Å². The number of aromatic nitrogens is 1. The Morgan fingerprint density at radius 2 is 2.18 bits per heavy atom. The number of ether oxygens (including phenoxy) is 1. The van der Waals surface area contributed by atoms with Crippen molar-refractivity contribution in [2.24, 2.45) is 0 Å². The monoisotopic (exact) mass is 226 g/mol. The van der Waals surface area contributed by atoms with Crippen molar-refractivity contribution in [2.45, 2.75) is 6.42 Å². The molecule has 0 bridgehead atoms. The Hall–Kier alpha value is -2.29. The second-order valence-corrected chi connectivity index (χ2v) is 3.63. The molecule has 3 heteroatoms. The van der Waals surface area contributed by atoms with Crippen LogP contribution < -0.4 is 10.5 Å². The fourth-order valence-electron chi connectivity index (χ4n) is 1.53. The minimum atomic E-state index is 0.572. The quantitative estimate of drug-likeness (QED) is 0.643. The zero-order chi connectivity index (χ0) is 12.1. The zero-order valence-corrected chi connectivity index (χ0v) is 9.47. The largest absolute Gasteiger partial charge is 0.439 e. The van der Waals surface area contributed by atoms with E-state index in [1.54, 1.807) is 6.20 Å². The van der Waals surface area contributed by atoms with Crippen molar-refractivity contribution in [1.82, 2.24) is 4.98 Å². The first-order chi connectivity index (χ1) is 8.29. The third kappa shape index (κ3) is 2.84. The molecule has 0 aliphatic rings. The summed E-state index contributed by atoms with van der Waals surface area (Å²) in [4.78, 5) is 4.12. The second-order valence-electron chi connectivity index (χ2n) is 3.63. The van der Waals surface area contributed by atoms with E-state index in [9.17, 15) is 0 Å². The van der Waals surface area contributed by atoms with Crippen molar-refractivity contribution < 1.29 is 4.74 Å². The lowest BCUT2D eigenvalue weighted by atomic mass is 10.1. The molecular weight excluding hydrogens is 212 g/mol. The summed E-state index contributed by atoms with van der Waals surface area (Å²) in [6.07, 6.45) is 4.23. The lowest BCUT2D eigenvalue weighted by Gasteiger charge is -2.09. The standard InChI is InChI=1S/C14H14N2O/c1-2-5-11-10-12(15)7-8-13(11)17-14-6-3-4-9-16-14/h2-4,6-10H,1,5,15H2. The molecule has 0 radical (unpaired) electrons.